The Morgan fingerprint density at radius 3 is 2.39 bits per heavy atom. The maximum absolute atomic E-state index is 12.6. The summed E-state index contributed by atoms with van der Waals surface area (Å²) in [6.45, 7) is 3.79. The summed E-state index contributed by atoms with van der Waals surface area (Å²) < 4.78 is 8.48. The fourth-order valence-electron chi connectivity index (χ4n) is 3.61. The van der Waals surface area contributed by atoms with Crippen LogP contribution in [-0.2, 0) is 11.8 Å². The topological polar surface area (TPSA) is 107 Å². The molecule has 9 nitrogen and oxygen atoms in total. The summed E-state index contributed by atoms with van der Waals surface area (Å²) in [4.78, 5) is 37.1. The molecular weight excluding hydrogens is 422 g/mol. The van der Waals surface area contributed by atoms with Gasteiger partial charge in [0.2, 0.25) is 0 Å². The van der Waals surface area contributed by atoms with Crippen LogP contribution in [0.3, 0.4) is 0 Å². The minimum Gasteiger partial charge on any atom is -0.462 e. The van der Waals surface area contributed by atoms with Crippen molar-refractivity contribution in [3.63, 3.8) is 0 Å². The highest BCUT2D eigenvalue weighted by molar-refractivity contribution is 6.08. The Labute approximate surface area is 189 Å². The van der Waals surface area contributed by atoms with Crippen molar-refractivity contribution in [1.82, 2.24) is 25.2 Å². The number of nitrogens with zero attached hydrogens (tertiary/aromatic N) is 3. The number of aryl methyl sites for hydroxylation is 1. The lowest BCUT2D eigenvalue weighted by molar-refractivity contribution is 0.0525. The quantitative estimate of drug-likeness (QED) is 0.363. The number of nitrogens with one attached hydrogen (secondary N) is 2. The van der Waals surface area contributed by atoms with Gasteiger partial charge in [-0.2, -0.15) is 5.10 Å². The predicted molar refractivity (Wildman–Crippen MR) is 122 cm³/mol. The van der Waals surface area contributed by atoms with Crippen molar-refractivity contribution < 1.29 is 19.1 Å². The van der Waals surface area contributed by atoms with E-state index in [1.807, 2.05) is 35.9 Å². The molecule has 0 atom stereocenters. The molecule has 2 amide bonds. The van der Waals surface area contributed by atoms with Gasteiger partial charge in [0.05, 0.1) is 29.7 Å². The third-order valence-corrected chi connectivity index (χ3v) is 5.31. The molecule has 0 bridgehead atoms. The van der Waals surface area contributed by atoms with E-state index in [0.717, 1.165) is 10.9 Å². The molecule has 0 saturated carbocycles. The highest BCUT2D eigenvalue weighted by atomic mass is 16.5. The maximum Gasteiger partial charge on any atom is 0.341 e. The van der Waals surface area contributed by atoms with Crippen LogP contribution >= 0.6 is 0 Å². The van der Waals surface area contributed by atoms with E-state index in [4.69, 9.17) is 4.74 Å². The van der Waals surface area contributed by atoms with Gasteiger partial charge in [-0.3, -0.25) is 20.4 Å². The fourth-order valence-corrected chi connectivity index (χ4v) is 3.61. The molecular formula is C24H23N5O4. The Kier molecular flexibility index (Phi) is 5.95. The summed E-state index contributed by atoms with van der Waals surface area (Å²) in [6, 6.07) is 14.2. The molecule has 0 radical (unpaired) electrons. The largest absolute Gasteiger partial charge is 0.462 e. The Hall–Kier alpha value is -4.40. The summed E-state index contributed by atoms with van der Waals surface area (Å²) in [7, 11) is 1.86. The van der Waals surface area contributed by atoms with Crippen molar-refractivity contribution in [1.29, 1.82) is 0 Å². The van der Waals surface area contributed by atoms with E-state index in [9.17, 15) is 14.4 Å². The van der Waals surface area contributed by atoms with Gasteiger partial charge in [0.25, 0.3) is 11.8 Å². The molecule has 0 unspecified atom stereocenters. The minimum atomic E-state index is -0.459. The zero-order valence-electron chi connectivity index (χ0n) is 18.5. The van der Waals surface area contributed by atoms with Gasteiger partial charge < -0.3 is 9.30 Å². The first kappa shape index (κ1) is 21.8. The van der Waals surface area contributed by atoms with Crippen molar-refractivity contribution in [2.45, 2.75) is 13.8 Å². The number of hydrogen-bond donors (Lipinski definition) is 2. The number of carbonyl (C=O) groups is 3. The molecule has 0 saturated heterocycles. The van der Waals surface area contributed by atoms with Crippen LogP contribution < -0.4 is 10.9 Å². The Bertz CT molecular complexity index is 1350. The van der Waals surface area contributed by atoms with Gasteiger partial charge in [-0.1, -0.05) is 18.2 Å². The van der Waals surface area contributed by atoms with E-state index >= 15 is 0 Å². The third-order valence-electron chi connectivity index (χ3n) is 5.31. The van der Waals surface area contributed by atoms with Crippen LogP contribution in [0, 0.1) is 6.92 Å². The average molecular weight is 445 g/mol. The van der Waals surface area contributed by atoms with Crippen LogP contribution in [0.4, 0.5) is 0 Å². The first-order valence-electron chi connectivity index (χ1n) is 10.4. The van der Waals surface area contributed by atoms with E-state index < -0.39 is 17.8 Å². The first-order valence-corrected chi connectivity index (χ1v) is 10.4. The van der Waals surface area contributed by atoms with Crippen LogP contribution in [0.2, 0.25) is 0 Å². The Morgan fingerprint density at radius 1 is 0.970 bits per heavy atom. The summed E-state index contributed by atoms with van der Waals surface area (Å²) in [5.41, 5.74) is 8.35. The average Bonchev–Trinajstić information content (AvgIpc) is 3.38. The van der Waals surface area contributed by atoms with Crippen molar-refractivity contribution in [2.75, 3.05) is 6.61 Å². The van der Waals surface area contributed by atoms with Gasteiger partial charge >= 0.3 is 5.97 Å². The summed E-state index contributed by atoms with van der Waals surface area (Å²) in [6.07, 6.45) is 3.18. The molecule has 0 spiro atoms. The second-order valence-electron chi connectivity index (χ2n) is 7.40. The Morgan fingerprint density at radius 2 is 1.67 bits per heavy atom. The molecule has 2 N–H and O–H groups in total. The van der Waals surface area contributed by atoms with Gasteiger partial charge in [-0.15, -0.1) is 0 Å². The number of benzene rings is 2. The Balaban J connectivity index is 1.44. The molecule has 0 aliphatic heterocycles. The summed E-state index contributed by atoms with van der Waals surface area (Å²) >= 11 is 0. The van der Waals surface area contributed by atoms with E-state index in [-0.39, 0.29) is 6.61 Å². The highest BCUT2D eigenvalue weighted by Crippen LogP contribution is 2.20. The van der Waals surface area contributed by atoms with Gasteiger partial charge in [-0.25, -0.2) is 9.48 Å². The second-order valence-corrected chi connectivity index (χ2v) is 7.40. The van der Waals surface area contributed by atoms with Crippen LogP contribution in [0.25, 0.3) is 16.6 Å². The summed E-state index contributed by atoms with van der Waals surface area (Å²) in [5.74, 6) is -1.30. The van der Waals surface area contributed by atoms with Crippen LogP contribution in [0.1, 0.15) is 43.7 Å². The molecule has 4 aromatic rings. The van der Waals surface area contributed by atoms with Crippen molar-refractivity contribution in [2.24, 2.45) is 7.05 Å². The standard InChI is InChI=1S/C24H23N5O4/c1-4-33-24(32)19-13-25-29(15(19)2)17-11-9-16(10-12-17)22(30)26-27-23(31)20-14-28(3)21-8-6-5-7-18(20)21/h5-14H,4H2,1-3H3,(H,26,30)(H,27,31). The first-order chi connectivity index (χ1) is 15.9. The lowest BCUT2D eigenvalue weighted by atomic mass is 10.1. The van der Waals surface area contributed by atoms with Crippen molar-refractivity contribution in [3.05, 3.63) is 83.3 Å². The number of para-hydroxylation sites is 1. The molecule has 2 aromatic carbocycles. The SMILES string of the molecule is CCOC(=O)c1cnn(-c2ccc(C(=O)NNC(=O)c3cn(C)c4ccccc34)cc2)c1C. The number of hydrazine groups is 1. The zero-order chi connectivity index (χ0) is 23.5. The lowest BCUT2D eigenvalue weighted by Crippen LogP contribution is -2.41. The molecule has 4 rings (SSSR count). The molecule has 0 aliphatic carbocycles. The zero-order valence-corrected chi connectivity index (χ0v) is 18.5. The monoisotopic (exact) mass is 445 g/mol. The molecule has 0 fully saturated rings. The molecule has 168 valence electrons. The highest BCUT2D eigenvalue weighted by Gasteiger charge is 2.17. The van der Waals surface area contributed by atoms with E-state index in [2.05, 4.69) is 16.0 Å². The molecule has 2 heterocycles. The van der Waals surface area contributed by atoms with Crippen LogP contribution in [0.15, 0.2) is 60.9 Å². The van der Waals surface area contributed by atoms with Crippen molar-refractivity contribution in [3.8, 4) is 5.69 Å². The van der Waals surface area contributed by atoms with Gasteiger partial charge in [0.1, 0.15) is 5.56 Å². The third kappa shape index (κ3) is 4.20. The second kappa shape index (κ2) is 8.99. The number of esters is 1. The van der Waals surface area contributed by atoms with Crippen LogP contribution in [0.5, 0.6) is 0 Å². The van der Waals surface area contributed by atoms with Gasteiger partial charge in [0.15, 0.2) is 0 Å². The van der Waals surface area contributed by atoms with E-state index in [1.165, 1.54) is 6.20 Å². The van der Waals surface area contributed by atoms with E-state index in [1.54, 1.807) is 49.0 Å². The fraction of sp³-hybridized carbons (Fsp3) is 0.167. The molecule has 0 aliphatic rings. The number of carbonyl (C=O) groups excluding carboxylic acids is 3. The van der Waals surface area contributed by atoms with Gasteiger partial charge in [0, 0.05) is 29.7 Å². The van der Waals surface area contributed by atoms with Gasteiger partial charge in [-0.05, 0) is 44.2 Å². The maximum atomic E-state index is 12.6. The number of fused-ring (bicyclic) bond motifs is 1. The molecule has 33 heavy (non-hydrogen) atoms. The van der Waals surface area contributed by atoms with Crippen molar-refractivity contribution >= 4 is 28.7 Å². The molecule has 2 aromatic heterocycles. The molecule has 9 heteroatoms. The number of aromatic nitrogens is 3. The lowest BCUT2D eigenvalue weighted by Gasteiger charge is -2.09. The number of ether oxygens (including phenoxy) is 1. The van der Waals surface area contributed by atoms with Crippen LogP contribution in [-0.4, -0.2) is 38.7 Å². The smallest absolute Gasteiger partial charge is 0.341 e. The predicted octanol–water partition coefficient (Wildman–Crippen LogP) is 2.92. The summed E-state index contributed by atoms with van der Waals surface area (Å²) in [5, 5.41) is 5.04. The number of amides is 2. The minimum absolute atomic E-state index is 0.282. The number of rotatable bonds is 5. The normalized spacial score (nSPS) is 10.8. The van der Waals surface area contributed by atoms with E-state index in [0.29, 0.717) is 28.1 Å². The number of hydrogen-bond acceptors (Lipinski definition) is 5.